The van der Waals surface area contributed by atoms with E-state index < -0.39 is 0 Å². The normalized spacial score (nSPS) is 13.0. The molecule has 2 radical (unpaired) electrons. The lowest BCUT2D eigenvalue weighted by Crippen LogP contribution is -2.31. The molecule has 0 bridgehead atoms. The van der Waals surface area contributed by atoms with Gasteiger partial charge in [0.1, 0.15) is 5.84 Å². The van der Waals surface area contributed by atoms with E-state index in [-0.39, 0.29) is 24.7 Å². The predicted octanol–water partition coefficient (Wildman–Crippen LogP) is 1.66. The van der Waals surface area contributed by atoms with Crippen LogP contribution in [0.15, 0.2) is 23.3 Å². The Morgan fingerprint density at radius 2 is 1.53 bits per heavy atom. The monoisotopic (exact) mass is 571 g/mol. The highest BCUT2D eigenvalue weighted by molar-refractivity contribution is 6.42. The number of hydrogen-bond donors (Lipinski definition) is 3. The third-order valence-corrected chi connectivity index (χ3v) is 5.91. The number of carbonyl (C=O) groups excluding carboxylic acids is 2. The smallest absolute Gasteiger partial charge is 0.225 e. The van der Waals surface area contributed by atoms with Gasteiger partial charge in [0.2, 0.25) is 11.8 Å². The Morgan fingerprint density at radius 3 is 2.18 bits per heavy atom. The Morgan fingerprint density at radius 1 is 0.868 bits per heavy atom. The molecule has 2 rings (SSSR count). The van der Waals surface area contributed by atoms with E-state index in [9.17, 15) is 9.59 Å². The maximum Gasteiger partial charge on any atom is 0.225 e. The second-order valence-electron chi connectivity index (χ2n) is 8.17. The van der Waals surface area contributed by atoms with Crippen LogP contribution in [0.2, 0.25) is 10.0 Å². The maximum atomic E-state index is 12.2. The van der Waals surface area contributed by atoms with Gasteiger partial charge in [0.25, 0.3) is 0 Å². The number of nitrogens with zero attached hydrogens (tertiary/aromatic N) is 2. The summed E-state index contributed by atoms with van der Waals surface area (Å²) < 4.78 is 21.4. The summed E-state index contributed by atoms with van der Waals surface area (Å²) in [4.78, 5) is 24.1. The molecule has 1 heterocycles. The molecule has 0 saturated heterocycles. The van der Waals surface area contributed by atoms with E-state index >= 15 is 0 Å². The van der Waals surface area contributed by atoms with Crippen molar-refractivity contribution < 1.29 is 28.5 Å². The van der Waals surface area contributed by atoms with Crippen LogP contribution >= 0.6 is 23.2 Å². The number of nitrogens with one attached hydrogen (secondary N) is 3. The summed E-state index contributed by atoms with van der Waals surface area (Å²) in [5, 5.41) is 15.2. The van der Waals surface area contributed by atoms with Gasteiger partial charge in [-0.25, -0.2) is 0 Å². The van der Waals surface area contributed by atoms with Crippen LogP contribution in [-0.2, 0) is 28.5 Å². The minimum atomic E-state index is -0.142. The molecule has 210 valence electrons. The van der Waals surface area contributed by atoms with Crippen molar-refractivity contribution in [2.24, 2.45) is 5.10 Å². The van der Waals surface area contributed by atoms with E-state index in [4.69, 9.17) is 50.1 Å². The van der Waals surface area contributed by atoms with Crippen molar-refractivity contribution in [1.29, 1.82) is 0 Å². The van der Waals surface area contributed by atoms with Crippen LogP contribution in [0, 0.1) is 0 Å². The SMILES string of the molecule is [B]NCCOCCOCCOCCOCCC(=O)NCCCC(=O)NC1=NN(c2ccc(Cl)c(Cl)c2)CC1. The van der Waals surface area contributed by atoms with Gasteiger partial charge >= 0.3 is 0 Å². The highest BCUT2D eigenvalue weighted by Crippen LogP contribution is 2.28. The van der Waals surface area contributed by atoms with Crippen LogP contribution < -0.4 is 20.9 Å². The summed E-state index contributed by atoms with van der Waals surface area (Å²) in [6, 6.07) is 5.27. The number of amidine groups is 1. The molecule has 0 atom stereocenters. The standard InChI is InChI=1S/C24H36BCl2N5O6/c25-29-8-11-36-13-15-38-17-16-37-14-12-35-10-6-23(33)28-7-1-2-24(34)30-22-5-9-32(31-22)19-3-4-20(26)21(27)18-19/h3-4,18,29H,1-2,5-17H2,(H,28,33)(H,30,31,34). The summed E-state index contributed by atoms with van der Waals surface area (Å²) in [6.07, 6.45) is 1.67. The fourth-order valence-corrected chi connectivity index (χ4v) is 3.52. The largest absolute Gasteiger partial charge is 0.379 e. The molecule has 1 aromatic carbocycles. The van der Waals surface area contributed by atoms with E-state index in [0.717, 1.165) is 5.69 Å². The van der Waals surface area contributed by atoms with Gasteiger partial charge in [-0.2, -0.15) is 5.10 Å². The second kappa shape index (κ2) is 20.0. The Kier molecular flexibility index (Phi) is 17.0. The van der Waals surface area contributed by atoms with Gasteiger partial charge in [-0.05, 0) is 24.6 Å². The van der Waals surface area contributed by atoms with Crippen molar-refractivity contribution >= 4 is 54.5 Å². The van der Waals surface area contributed by atoms with E-state index in [0.29, 0.717) is 101 Å². The molecule has 1 aliphatic rings. The Bertz CT molecular complexity index is 883. The lowest BCUT2D eigenvalue weighted by atomic mass is 10.2. The zero-order valence-corrected chi connectivity index (χ0v) is 23.0. The predicted molar refractivity (Wildman–Crippen MR) is 148 cm³/mol. The van der Waals surface area contributed by atoms with Crippen LogP contribution in [0.3, 0.4) is 0 Å². The summed E-state index contributed by atoms with van der Waals surface area (Å²) in [5.41, 5.74) is 0.808. The molecule has 0 unspecified atom stereocenters. The van der Waals surface area contributed by atoms with Crippen molar-refractivity contribution in [3.8, 4) is 0 Å². The summed E-state index contributed by atoms with van der Waals surface area (Å²) >= 11 is 12.0. The second-order valence-corrected chi connectivity index (χ2v) is 8.99. The van der Waals surface area contributed by atoms with Crippen LogP contribution in [0.4, 0.5) is 5.69 Å². The number of hydrogen-bond acceptors (Lipinski definition) is 9. The zero-order valence-electron chi connectivity index (χ0n) is 21.5. The van der Waals surface area contributed by atoms with Gasteiger partial charge in [0.15, 0.2) is 7.98 Å². The lowest BCUT2D eigenvalue weighted by Gasteiger charge is -2.13. The van der Waals surface area contributed by atoms with Crippen LogP contribution in [-0.4, -0.2) is 98.1 Å². The van der Waals surface area contributed by atoms with Crippen LogP contribution in [0.25, 0.3) is 0 Å². The maximum absolute atomic E-state index is 12.2. The van der Waals surface area contributed by atoms with Crippen molar-refractivity contribution in [2.45, 2.75) is 25.7 Å². The van der Waals surface area contributed by atoms with E-state index in [1.807, 2.05) is 6.07 Å². The van der Waals surface area contributed by atoms with E-state index in [2.05, 4.69) is 21.0 Å². The Balaban J connectivity index is 1.40. The van der Waals surface area contributed by atoms with Gasteiger partial charge < -0.3 is 34.8 Å². The molecule has 11 nitrogen and oxygen atoms in total. The summed E-state index contributed by atoms with van der Waals surface area (Å²) in [6.45, 7) is 5.26. The molecule has 0 spiro atoms. The Labute approximate surface area is 235 Å². The van der Waals surface area contributed by atoms with Gasteiger partial charge in [-0.1, -0.05) is 23.2 Å². The fraction of sp³-hybridized carbons (Fsp3) is 0.625. The molecule has 14 heteroatoms. The van der Waals surface area contributed by atoms with Gasteiger partial charge in [-0.15, -0.1) is 0 Å². The number of benzene rings is 1. The van der Waals surface area contributed by atoms with Gasteiger partial charge in [0, 0.05) is 38.9 Å². The van der Waals surface area contributed by atoms with Crippen molar-refractivity contribution in [3.63, 3.8) is 0 Å². The third-order valence-electron chi connectivity index (χ3n) is 5.17. The van der Waals surface area contributed by atoms with Crippen molar-refractivity contribution in [3.05, 3.63) is 28.2 Å². The first kappa shape index (κ1) is 32.3. The first-order valence-corrected chi connectivity index (χ1v) is 13.4. The highest BCUT2D eigenvalue weighted by Gasteiger charge is 2.18. The molecule has 1 aromatic rings. The van der Waals surface area contributed by atoms with Gasteiger partial charge in [-0.3, -0.25) is 14.6 Å². The average Bonchev–Trinajstić information content (AvgIpc) is 3.36. The summed E-state index contributed by atoms with van der Waals surface area (Å²) in [5.74, 6) is 0.332. The molecular formula is C24H36BCl2N5O6. The topological polar surface area (TPSA) is 123 Å². The van der Waals surface area contributed by atoms with Crippen molar-refractivity contribution in [1.82, 2.24) is 15.9 Å². The zero-order chi connectivity index (χ0) is 27.4. The molecule has 1 aliphatic heterocycles. The average molecular weight is 572 g/mol. The number of carbonyl (C=O) groups is 2. The molecule has 3 N–H and O–H groups in total. The molecular weight excluding hydrogens is 536 g/mol. The first-order valence-electron chi connectivity index (χ1n) is 12.6. The minimum Gasteiger partial charge on any atom is -0.379 e. The molecule has 0 fully saturated rings. The molecule has 0 aliphatic carbocycles. The first-order chi connectivity index (χ1) is 18.5. The van der Waals surface area contributed by atoms with E-state index in [1.165, 1.54) is 0 Å². The molecule has 0 aromatic heterocycles. The number of anilines is 1. The van der Waals surface area contributed by atoms with E-state index in [1.54, 1.807) is 17.1 Å². The molecule has 38 heavy (non-hydrogen) atoms. The molecule has 2 amide bonds. The van der Waals surface area contributed by atoms with Crippen molar-refractivity contribution in [2.75, 3.05) is 77.5 Å². The number of rotatable bonds is 20. The number of halogens is 2. The molecule has 0 saturated carbocycles. The lowest BCUT2D eigenvalue weighted by molar-refractivity contribution is -0.123. The van der Waals surface area contributed by atoms with Crippen LogP contribution in [0.5, 0.6) is 0 Å². The van der Waals surface area contributed by atoms with Gasteiger partial charge in [0.05, 0.1) is 68.6 Å². The van der Waals surface area contributed by atoms with Crippen LogP contribution in [0.1, 0.15) is 25.7 Å². The number of ether oxygens (including phenoxy) is 4. The highest BCUT2D eigenvalue weighted by atomic mass is 35.5. The number of hydrazone groups is 1. The Hall–Kier alpha value is -1.93. The fourth-order valence-electron chi connectivity index (χ4n) is 3.22. The number of amides is 2. The third kappa shape index (κ3) is 14.3. The minimum absolute atomic E-state index is 0.123. The quantitative estimate of drug-likeness (QED) is 0.159. The summed E-state index contributed by atoms with van der Waals surface area (Å²) in [7, 11) is 5.13.